The monoisotopic (exact) mass is 469 g/mol. The molecule has 11 heteroatoms. The Hall–Kier alpha value is -3.59. The Labute approximate surface area is 196 Å². The van der Waals surface area contributed by atoms with Crippen molar-refractivity contribution in [2.45, 2.75) is 32.4 Å². The maximum absolute atomic E-state index is 13.3. The van der Waals surface area contributed by atoms with Gasteiger partial charge in [0.25, 0.3) is 5.91 Å². The van der Waals surface area contributed by atoms with Gasteiger partial charge in [-0.15, -0.1) is 0 Å². The van der Waals surface area contributed by atoms with Crippen LogP contribution in [0, 0.1) is 13.5 Å². The van der Waals surface area contributed by atoms with Crippen molar-refractivity contribution in [3.63, 3.8) is 0 Å². The number of aryl methyl sites for hydroxylation is 1. The number of ether oxygens (including phenoxy) is 1. The number of carbonyl (C=O) groups excluding carboxylic acids is 2. The van der Waals surface area contributed by atoms with Gasteiger partial charge in [0.05, 0.1) is 25.1 Å². The van der Waals surface area contributed by atoms with Crippen molar-refractivity contribution >= 4 is 52.2 Å². The van der Waals surface area contributed by atoms with E-state index in [1.165, 1.54) is 17.2 Å². The van der Waals surface area contributed by atoms with E-state index in [-0.39, 0.29) is 23.4 Å². The first kappa shape index (κ1) is 24.1. The van der Waals surface area contributed by atoms with Gasteiger partial charge in [-0.2, -0.15) is 0 Å². The summed E-state index contributed by atoms with van der Waals surface area (Å²) in [5.74, 6) is -0.0330. The van der Waals surface area contributed by atoms with E-state index in [0.717, 1.165) is 5.56 Å². The Kier molecular flexibility index (Phi) is 6.92. The summed E-state index contributed by atoms with van der Waals surface area (Å²) in [4.78, 5) is 35.8. The Morgan fingerprint density at radius 3 is 2.61 bits per heavy atom. The van der Waals surface area contributed by atoms with Crippen LogP contribution in [-0.4, -0.2) is 57.2 Å². The molecule has 33 heavy (non-hydrogen) atoms. The number of anilines is 3. The second kappa shape index (κ2) is 9.50. The third kappa shape index (κ3) is 4.78. The largest absolute Gasteiger partial charge is 0.446 e. The van der Waals surface area contributed by atoms with Crippen molar-refractivity contribution in [1.29, 1.82) is 0 Å². The van der Waals surface area contributed by atoms with E-state index in [1.54, 1.807) is 49.9 Å². The maximum atomic E-state index is 13.3. The van der Waals surface area contributed by atoms with E-state index in [9.17, 15) is 14.7 Å². The van der Waals surface area contributed by atoms with E-state index in [2.05, 4.69) is 15.1 Å². The summed E-state index contributed by atoms with van der Waals surface area (Å²) < 4.78 is 4.78. The number of aliphatic hydroxyl groups excluding tert-OH is 2. The molecule has 0 aliphatic carbocycles. The van der Waals surface area contributed by atoms with Crippen molar-refractivity contribution in [3.8, 4) is 0 Å². The van der Waals surface area contributed by atoms with Crippen LogP contribution < -0.4 is 15.1 Å². The number of amides is 2. The molecule has 0 radical (unpaired) electrons. The fraction of sp³-hybridized carbons (Fsp3) is 0.318. The van der Waals surface area contributed by atoms with Crippen LogP contribution in [0.5, 0.6) is 0 Å². The Bertz CT molecular complexity index is 1130. The van der Waals surface area contributed by atoms with Crippen LogP contribution in [0.15, 0.2) is 36.5 Å². The summed E-state index contributed by atoms with van der Waals surface area (Å²) in [6, 6.07) is 8.28. The Balaban J connectivity index is 1.80. The SMILES string of the molecule is [C-]#[N+]c1ccc(N2C(=O)C(C)(C)N(c3ccc(NC(=O)OCC(O)CO)nc3)C2=S)cc1C. The molecule has 3 N–H and O–H groups in total. The number of nitrogens with one attached hydrogen (secondary N) is 1. The van der Waals surface area contributed by atoms with Gasteiger partial charge in [0.15, 0.2) is 10.8 Å². The number of carbonyl (C=O) groups is 2. The summed E-state index contributed by atoms with van der Waals surface area (Å²) >= 11 is 5.64. The number of nitrogens with zero attached hydrogens (tertiary/aromatic N) is 4. The Morgan fingerprint density at radius 1 is 1.33 bits per heavy atom. The number of rotatable bonds is 6. The summed E-state index contributed by atoms with van der Waals surface area (Å²) in [7, 11) is 0. The number of hydrogen-bond acceptors (Lipinski definition) is 7. The van der Waals surface area contributed by atoms with Crippen molar-refractivity contribution in [2.24, 2.45) is 0 Å². The molecule has 1 unspecified atom stereocenters. The van der Waals surface area contributed by atoms with Crippen LogP contribution in [0.4, 0.5) is 27.7 Å². The number of aromatic nitrogens is 1. The molecule has 0 bridgehead atoms. The highest BCUT2D eigenvalue weighted by molar-refractivity contribution is 7.81. The summed E-state index contributed by atoms with van der Waals surface area (Å²) in [5.41, 5.74) is 1.36. The van der Waals surface area contributed by atoms with Crippen LogP contribution in [0.25, 0.3) is 4.85 Å². The molecule has 3 rings (SSSR count). The van der Waals surface area contributed by atoms with Crippen molar-refractivity contribution < 1.29 is 24.5 Å². The molecular weight excluding hydrogens is 446 g/mol. The second-order valence-corrected chi connectivity index (χ2v) is 8.23. The number of thiocarbonyl (C=S) groups is 1. The summed E-state index contributed by atoms with van der Waals surface area (Å²) in [6.07, 6.45) is -0.526. The van der Waals surface area contributed by atoms with Gasteiger partial charge in [-0.1, -0.05) is 6.07 Å². The molecule has 1 aromatic heterocycles. The van der Waals surface area contributed by atoms with Crippen LogP contribution >= 0.6 is 12.2 Å². The third-order valence-corrected chi connectivity index (χ3v) is 5.45. The highest BCUT2D eigenvalue weighted by Crippen LogP contribution is 2.37. The van der Waals surface area contributed by atoms with Gasteiger partial charge in [0.2, 0.25) is 0 Å². The molecule has 0 saturated carbocycles. The average molecular weight is 470 g/mol. The molecule has 10 nitrogen and oxygen atoms in total. The first-order valence-corrected chi connectivity index (χ1v) is 10.4. The van der Waals surface area contributed by atoms with E-state index >= 15 is 0 Å². The van der Waals surface area contributed by atoms with Gasteiger partial charge >= 0.3 is 6.09 Å². The number of benzene rings is 1. The maximum Gasteiger partial charge on any atom is 0.412 e. The minimum atomic E-state index is -1.16. The molecule has 1 aromatic carbocycles. The van der Waals surface area contributed by atoms with E-state index in [0.29, 0.717) is 17.1 Å². The highest BCUT2D eigenvalue weighted by atomic mass is 32.1. The van der Waals surface area contributed by atoms with Crippen molar-refractivity contribution in [3.05, 3.63) is 53.5 Å². The van der Waals surface area contributed by atoms with Crippen LogP contribution in [0.3, 0.4) is 0 Å². The van der Waals surface area contributed by atoms with E-state index in [1.807, 2.05) is 0 Å². The molecule has 1 atom stereocenters. The van der Waals surface area contributed by atoms with Gasteiger partial charge in [0.1, 0.15) is 24.1 Å². The predicted molar refractivity (Wildman–Crippen MR) is 126 cm³/mol. The summed E-state index contributed by atoms with van der Waals surface area (Å²) in [5, 5.41) is 20.7. The lowest BCUT2D eigenvalue weighted by atomic mass is 10.0. The second-order valence-electron chi connectivity index (χ2n) is 7.86. The van der Waals surface area contributed by atoms with Gasteiger partial charge in [0, 0.05) is 5.69 Å². The predicted octanol–water partition coefficient (Wildman–Crippen LogP) is 2.76. The van der Waals surface area contributed by atoms with Crippen LogP contribution in [0.1, 0.15) is 19.4 Å². The fourth-order valence-electron chi connectivity index (χ4n) is 3.32. The molecule has 1 aliphatic rings. The van der Waals surface area contributed by atoms with Gasteiger partial charge in [-0.3, -0.25) is 15.0 Å². The molecule has 0 spiro atoms. The van der Waals surface area contributed by atoms with E-state index < -0.39 is 24.3 Å². The topological polar surface area (TPSA) is 120 Å². The molecule has 1 aliphatic heterocycles. The quantitative estimate of drug-likeness (QED) is 0.436. The smallest absolute Gasteiger partial charge is 0.412 e. The third-order valence-electron chi connectivity index (χ3n) is 5.08. The minimum Gasteiger partial charge on any atom is -0.446 e. The number of pyridine rings is 1. The lowest BCUT2D eigenvalue weighted by Crippen LogP contribution is -2.44. The van der Waals surface area contributed by atoms with E-state index in [4.69, 9.17) is 28.6 Å². The number of aliphatic hydroxyl groups is 2. The van der Waals surface area contributed by atoms with Gasteiger partial charge in [-0.05, 0) is 62.8 Å². The fourth-order valence-corrected chi connectivity index (χ4v) is 3.84. The molecular formula is C22H23N5O5S. The highest BCUT2D eigenvalue weighted by Gasteiger charge is 2.50. The van der Waals surface area contributed by atoms with Gasteiger partial charge in [-0.25, -0.2) is 14.6 Å². The molecule has 172 valence electrons. The van der Waals surface area contributed by atoms with Gasteiger partial charge < -0.3 is 19.8 Å². The normalized spacial score (nSPS) is 15.9. The molecule has 1 fully saturated rings. The number of hydrogen-bond donors (Lipinski definition) is 3. The molecule has 1 saturated heterocycles. The zero-order chi connectivity index (χ0) is 24.3. The summed E-state index contributed by atoms with van der Waals surface area (Å²) in [6.45, 7) is 11.6. The van der Waals surface area contributed by atoms with Crippen molar-refractivity contribution in [2.75, 3.05) is 28.3 Å². The first-order valence-electron chi connectivity index (χ1n) is 9.95. The van der Waals surface area contributed by atoms with Crippen molar-refractivity contribution in [1.82, 2.24) is 4.98 Å². The Morgan fingerprint density at radius 2 is 2.03 bits per heavy atom. The first-order chi connectivity index (χ1) is 15.6. The molecule has 2 amide bonds. The molecule has 2 aromatic rings. The zero-order valence-corrected chi connectivity index (χ0v) is 19.1. The lowest BCUT2D eigenvalue weighted by molar-refractivity contribution is -0.120. The van der Waals surface area contributed by atoms with Crippen LogP contribution in [0.2, 0.25) is 0 Å². The molecule has 2 heterocycles. The average Bonchev–Trinajstić information content (AvgIpc) is 2.96. The lowest BCUT2D eigenvalue weighted by Gasteiger charge is -2.29. The zero-order valence-electron chi connectivity index (χ0n) is 18.3. The minimum absolute atomic E-state index is 0.193. The van der Waals surface area contributed by atoms with Crippen LogP contribution in [-0.2, 0) is 9.53 Å². The standard InChI is InChI=1S/C22H23N5O5S/c1-13-9-14(5-7-17(13)23-4)26-19(30)22(2,3)27(21(26)33)15-6-8-18(24-10-15)25-20(31)32-12-16(29)11-28/h5-10,16,28-29H,11-12H2,1-3H3,(H,24,25,31).